The van der Waals surface area contributed by atoms with Gasteiger partial charge in [0.2, 0.25) is 0 Å². The van der Waals surface area contributed by atoms with Crippen LogP contribution in [0, 0.1) is 5.82 Å². The minimum atomic E-state index is -0.512. The van der Waals surface area contributed by atoms with Crippen LogP contribution in [-0.2, 0) is 7.05 Å². The average Bonchev–Trinajstić information content (AvgIpc) is 2.60. The lowest BCUT2D eigenvalue weighted by Crippen LogP contribution is -1.97. The largest absolute Gasteiger partial charge is 0.397 e. The Bertz CT molecular complexity index is 524. The maximum atomic E-state index is 13.2. The van der Waals surface area contributed by atoms with E-state index in [0.29, 0.717) is 11.4 Å². The molecular formula is C10H10ClFN4. The molecule has 3 N–H and O–H groups in total. The van der Waals surface area contributed by atoms with E-state index >= 15 is 0 Å². The highest BCUT2D eigenvalue weighted by Crippen LogP contribution is 2.28. The fourth-order valence-electron chi connectivity index (χ4n) is 1.31. The van der Waals surface area contributed by atoms with Gasteiger partial charge in [-0.2, -0.15) is 5.10 Å². The fourth-order valence-corrected chi connectivity index (χ4v) is 1.48. The summed E-state index contributed by atoms with van der Waals surface area (Å²) in [5.74, 6) is -0.512. The van der Waals surface area contributed by atoms with Crippen LogP contribution in [0.15, 0.2) is 24.5 Å². The molecule has 84 valence electrons. The van der Waals surface area contributed by atoms with Crippen LogP contribution in [0.1, 0.15) is 0 Å². The molecule has 0 aliphatic rings. The highest BCUT2D eigenvalue weighted by Gasteiger charge is 2.07. The molecule has 0 spiro atoms. The van der Waals surface area contributed by atoms with E-state index < -0.39 is 5.82 Å². The first kappa shape index (κ1) is 10.8. The predicted molar refractivity (Wildman–Crippen MR) is 62.3 cm³/mol. The van der Waals surface area contributed by atoms with Crippen molar-refractivity contribution < 1.29 is 4.39 Å². The van der Waals surface area contributed by atoms with Gasteiger partial charge in [0.25, 0.3) is 0 Å². The molecule has 2 rings (SSSR count). The second kappa shape index (κ2) is 4.02. The molecule has 0 aliphatic carbocycles. The third-order valence-corrected chi connectivity index (χ3v) is 2.37. The Kier molecular flexibility index (Phi) is 2.70. The molecule has 0 amide bonds. The Balaban J connectivity index is 2.31. The first-order valence-corrected chi connectivity index (χ1v) is 4.94. The Morgan fingerprint density at radius 3 is 2.88 bits per heavy atom. The molecule has 6 heteroatoms. The van der Waals surface area contributed by atoms with E-state index in [-0.39, 0.29) is 5.02 Å². The van der Waals surface area contributed by atoms with Crippen LogP contribution in [0.4, 0.5) is 21.5 Å². The maximum absolute atomic E-state index is 13.2. The van der Waals surface area contributed by atoms with E-state index in [1.54, 1.807) is 24.1 Å². The average molecular weight is 241 g/mol. The Labute approximate surface area is 96.8 Å². The summed E-state index contributed by atoms with van der Waals surface area (Å²) in [5, 5.41) is 6.94. The molecule has 0 saturated heterocycles. The highest BCUT2D eigenvalue weighted by atomic mass is 35.5. The van der Waals surface area contributed by atoms with Crippen LogP contribution in [-0.4, -0.2) is 9.78 Å². The molecular weight excluding hydrogens is 231 g/mol. The summed E-state index contributed by atoms with van der Waals surface area (Å²) >= 11 is 5.59. The number of hydrogen-bond acceptors (Lipinski definition) is 3. The number of anilines is 3. The predicted octanol–water partition coefficient (Wildman–Crippen LogP) is 2.54. The highest BCUT2D eigenvalue weighted by molar-refractivity contribution is 6.31. The normalized spacial score (nSPS) is 10.4. The van der Waals surface area contributed by atoms with Crippen LogP contribution in [0.3, 0.4) is 0 Å². The van der Waals surface area contributed by atoms with Crippen LogP contribution in [0.2, 0.25) is 5.02 Å². The lowest BCUT2D eigenvalue weighted by molar-refractivity contribution is 0.629. The lowest BCUT2D eigenvalue weighted by Gasteiger charge is -2.08. The molecule has 2 aromatic rings. The van der Waals surface area contributed by atoms with Crippen molar-refractivity contribution in [3.05, 3.63) is 35.4 Å². The van der Waals surface area contributed by atoms with Crippen molar-refractivity contribution in [3.8, 4) is 0 Å². The van der Waals surface area contributed by atoms with E-state index in [9.17, 15) is 4.39 Å². The monoisotopic (exact) mass is 240 g/mol. The number of nitrogens with zero attached hydrogens (tertiary/aromatic N) is 2. The van der Waals surface area contributed by atoms with Crippen LogP contribution in [0.5, 0.6) is 0 Å². The van der Waals surface area contributed by atoms with Crippen LogP contribution in [0.25, 0.3) is 0 Å². The number of benzene rings is 1. The van der Waals surface area contributed by atoms with Crippen molar-refractivity contribution in [2.24, 2.45) is 7.05 Å². The quantitative estimate of drug-likeness (QED) is 0.794. The SMILES string of the molecule is Cn1cc(Nc2cc(F)c(Cl)cc2N)cn1. The first-order valence-electron chi connectivity index (χ1n) is 4.56. The van der Waals surface area contributed by atoms with Gasteiger partial charge in [-0.15, -0.1) is 0 Å². The standard InChI is InChI=1S/C10H10ClFN4/c1-16-5-6(4-14-16)15-10-3-8(12)7(11)2-9(10)13/h2-5,15H,13H2,1H3. The van der Waals surface area contributed by atoms with Gasteiger partial charge in [0.05, 0.1) is 28.3 Å². The van der Waals surface area contributed by atoms with Gasteiger partial charge in [0, 0.05) is 19.3 Å². The molecule has 16 heavy (non-hydrogen) atoms. The van der Waals surface area contributed by atoms with Crippen molar-refractivity contribution in [3.63, 3.8) is 0 Å². The minimum absolute atomic E-state index is 0.00855. The topological polar surface area (TPSA) is 55.9 Å². The molecule has 0 bridgehead atoms. The Hall–Kier alpha value is -1.75. The van der Waals surface area contributed by atoms with Gasteiger partial charge in [0.15, 0.2) is 0 Å². The second-order valence-electron chi connectivity index (χ2n) is 3.38. The van der Waals surface area contributed by atoms with Gasteiger partial charge in [-0.05, 0) is 6.07 Å². The number of nitrogens with two attached hydrogens (primary N) is 1. The van der Waals surface area contributed by atoms with Gasteiger partial charge in [-0.3, -0.25) is 4.68 Å². The number of halogens is 2. The molecule has 4 nitrogen and oxygen atoms in total. The van der Waals surface area contributed by atoms with Gasteiger partial charge >= 0.3 is 0 Å². The zero-order valence-electron chi connectivity index (χ0n) is 8.54. The van der Waals surface area contributed by atoms with Crippen molar-refractivity contribution in [2.75, 3.05) is 11.1 Å². The smallest absolute Gasteiger partial charge is 0.144 e. The molecule has 0 fully saturated rings. The summed E-state index contributed by atoms with van der Waals surface area (Å²) in [6.45, 7) is 0. The number of nitrogens with one attached hydrogen (secondary N) is 1. The molecule has 0 unspecified atom stereocenters. The molecule has 0 saturated carbocycles. The maximum Gasteiger partial charge on any atom is 0.144 e. The van der Waals surface area contributed by atoms with Crippen molar-refractivity contribution in [2.45, 2.75) is 0 Å². The Morgan fingerprint density at radius 2 is 2.25 bits per heavy atom. The number of aryl methyl sites for hydroxylation is 1. The van der Waals surface area contributed by atoms with Crippen LogP contribution >= 0.6 is 11.6 Å². The third kappa shape index (κ3) is 2.09. The van der Waals surface area contributed by atoms with E-state index in [0.717, 1.165) is 5.69 Å². The van der Waals surface area contributed by atoms with E-state index in [2.05, 4.69) is 10.4 Å². The third-order valence-electron chi connectivity index (χ3n) is 2.08. The molecule has 1 aromatic heterocycles. The van der Waals surface area contributed by atoms with E-state index in [4.69, 9.17) is 17.3 Å². The van der Waals surface area contributed by atoms with Gasteiger partial charge in [-0.25, -0.2) is 4.39 Å². The molecule has 1 heterocycles. The van der Waals surface area contributed by atoms with Gasteiger partial charge < -0.3 is 11.1 Å². The summed E-state index contributed by atoms with van der Waals surface area (Å²) in [4.78, 5) is 0. The number of aromatic nitrogens is 2. The lowest BCUT2D eigenvalue weighted by atomic mass is 10.2. The summed E-state index contributed by atoms with van der Waals surface area (Å²) in [7, 11) is 1.79. The first-order chi connectivity index (χ1) is 7.56. The zero-order valence-corrected chi connectivity index (χ0v) is 9.29. The molecule has 0 atom stereocenters. The minimum Gasteiger partial charge on any atom is -0.397 e. The Morgan fingerprint density at radius 1 is 1.50 bits per heavy atom. The van der Waals surface area contributed by atoms with E-state index in [1.807, 2.05) is 0 Å². The van der Waals surface area contributed by atoms with Crippen molar-refractivity contribution >= 4 is 28.7 Å². The number of hydrogen-bond donors (Lipinski definition) is 2. The van der Waals surface area contributed by atoms with Crippen molar-refractivity contribution in [1.82, 2.24) is 9.78 Å². The number of nitrogen functional groups attached to an aromatic ring is 1. The molecule has 0 radical (unpaired) electrons. The van der Waals surface area contributed by atoms with E-state index in [1.165, 1.54) is 12.1 Å². The zero-order chi connectivity index (χ0) is 11.7. The fraction of sp³-hybridized carbons (Fsp3) is 0.100. The van der Waals surface area contributed by atoms with Crippen LogP contribution < -0.4 is 11.1 Å². The second-order valence-corrected chi connectivity index (χ2v) is 3.79. The molecule has 1 aromatic carbocycles. The summed E-state index contributed by atoms with van der Waals surface area (Å²) in [6.07, 6.45) is 3.37. The van der Waals surface area contributed by atoms with Crippen molar-refractivity contribution in [1.29, 1.82) is 0 Å². The number of rotatable bonds is 2. The summed E-state index contributed by atoms with van der Waals surface area (Å²) in [6, 6.07) is 2.63. The summed E-state index contributed by atoms with van der Waals surface area (Å²) in [5.41, 5.74) is 7.29. The van der Waals surface area contributed by atoms with Gasteiger partial charge in [-0.1, -0.05) is 11.6 Å². The summed E-state index contributed by atoms with van der Waals surface area (Å²) < 4.78 is 14.8. The van der Waals surface area contributed by atoms with Gasteiger partial charge in [0.1, 0.15) is 5.82 Å². The molecule has 0 aliphatic heterocycles.